The van der Waals surface area contributed by atoms with Gasteiger partial charge < -0.3 is 14.8 Å². The summed E-state index contributed by atoms with van der Waals surface area (Å²) in [4.78, 5) is 21.8. The van der Waals surface area contributed by atoms with Gasteiger partial charge in [0.2, 0.25) is 0 Å². The van der Waals surface area contributed by atoms with Crippen LogP contribution in [0, 0.1) is 6.92 Å². The number of aryl methyl sites for hydroxylation is 2. The molecule has 1 aliphatic carbocycles. The number of nitrogens with one attached hydrogen (secondary N) is 2. The van der Waals surface area contributed by atoms with Gasteiger partial charge in [-0.15, -0.1) is 0 Å². The Hall–Kier alpha value is -3.01. The predicted octanol–water partition coefficient (Wildman–Crippen LogP) is 2.35. The molecular formula is C19H25N7O3. The number of H-pyrrole nitrogens is 1. The number of aromatic nitrogens is 6. The number of carbonyl (C=O) groups is 1. The lowest BCUT2D eigenvalue weighted by atomic mass is 9.78. The summed E-state index contributed by atoms with van der Waals surface area (Å²) in [5, 5.41) is 15.6. The van der Waals surface area contributed by atoms with Crippen LogP contribution in [0.15, 0.2) is 12.3 Å². The molecule has 10 nitrogen and oxygen atoms in total. The summed E-state index contributed by atoms with van der Waals surface area (Å²) in [6.07, 6.45) is 4.33. The average Bonchev–Trinajstić information content (AvgIpc) is 3.33. The van der Waals surface area contributed by atoms with Crippen molar-refractivity contribution in [3.63, 3.8) is 0 Å². The second-order valence-corrected chi connectivity index (χ2v) is 7.46. The van der Waals surface area contributed by atoms with Crippen molar-refractivity contribution < 1.29 is 14.3 Å². The van der Waals surface area contributed by atoms with Gasteiger partial charge in [-0.25, -0.2) is 14.8 Å². The second kappa shape index (κ2) is 7.43. The molecule has 0 aromatic carbocycles. The molecule has 0 unspecified atom stereocenters. The molecule has 3 heterocycles. The molecular weight excluding hydrogens is 374 g/mol. The van der Waals surface area contributed by atoms with Crippen LogP contribution in [0.1, 0.15) is 43.1 Å². The molecule has 2 N–H and O–H groups in total. The van der Waals surface area contributed by atoms with E-state index in [1.54, 1.807) is 18.0 Å². The Kier molecular flexibility index (Phi) is 4.95. The van der Waals surface area contributed by atoms with Crippen LogP contribution < -0.4 is 5.32 Å². The number of aromatic amines is 1. The van der Waals surface area contributed by atoms with Crippen LogP contribution in [0.25, 0.3) is 11.0 Å². The molecule has 10 heteroatoms. The molecule has 0 radical (unpaired) electrons. The minimum Gasteiger partial charge on any atom is -0.467 e. The monoisotopic (exact) mass is 399 g/mol. The van der Waals surface area contributed by atoms with E-state index in [1.807, 2.05) is 20.0 Å². The highest BCUT2D eigenvalue weighted by Crippen LogP contribution is 2.40. The maximum absolute atomic E-state index is 12.2. The fourth-order valence-corrected chi connectivity index (χ4v) is 3.94. The normalized spacial score (nSPS) is 22.0. The van der Waals surface area contributed by atoms with Crippen molar-refractivity contribution in [2.24, 2.45) is 7.05 Å². The number of hydrogen-bond acceptors (Lipinski definition) is 8. The lowest BCUT2D eigenvalue weighted by Gasteiger charge is -2.36. The Bertz CT molecular complexity index is 1030. The smallest absolute Gasteiger partial charge is 0.338 e. The molecule has 0 saturated heterocycles. The quantitative estimate of drug-likeness (QED) is 0.628. The molecule has 0 atom stereocenters. The van der Waals surface area contributed by atoms with Crippen molar-refractivity contribution in [3.05, 3.63) is 23.8 Å². The minimum atomic E-state index is -0.879. The topological polar surface area (TPSA) is 120 Å². The lowest BCUT2D eigenvalue weighted by molar-refractivity contribution is -0.170. The number of methoxy groups -OCH3 is 2. The Labute approximate surface area is 168 Å². The maximum atomic E-state index is 12.2. The van der Waals surface area contributed by atoms with E-state index in [9.17, 15) is 4.79 Å². The van der Waals surface area contributed by atoms with Crippen molar-refractivity contribution in [3.8, 4) is 0 Å². The highest BCUT2D eigenvalue weighted by atomic mass is 16.6. The number of fused-ring (bicyclic) bond motifs is 1. The van der Waals surface area contributed by atoms with Gasteiger partial charge >= 0.3 is 5.97 Å². The Morgan fingerprint density at radius 3 is 2.69 bits per heavy atom. The van der Waals surface area contributed by atoms with Crippen molar-refractivity contribution in [1.29, 1.82) is 0 Å². The summed E-state index contributed by atoms with van der Waals surface area (Å²) in [6.45, 7) is 1.94. The lowest BCUT2D eigenvalue weighted by Crippen LogP contribution is -2.44. The fourth-order valence-electron chi connectivity index (χ4n) is 3.94. The van der Waals surface area contributed by atoms with Gasteiger partial charge in [-0.1, -0.05) is 0 Å². The van der Waals surface area contributed by atoms with Gasteiger partial charge in [0.25, 0.3) is 0 Å². The first-order valence-corrected chi connectivity index (χ1v) is 9.58. The molecule has 0 spiro atoms. The van der Waals surface area contributed by atoms with Gasteiger partial charge in [-0.05, 0) is 32.6 Å². The van der Waals surface area contributed by atoms with Crippen molar-refractivity contribution in [2.75, 3.05) is 19.5 Å². The third-order valence-electron chi connectivity index (χ3n) is 5.67. The molecule has 29 heavy (non-hydrogen) atoms. The van der Waals surface area contributed by atoms with Crippen LogP contribution in [0.2, 0.25) is 0 Å². The van der Waals surface area contributed by atoms with Crippen LogP contribution in [-0.4, -0.2) is 55.7 Å². The van der Waals surface area contributed by atoms with Gasteiger partial charge in [0.1, 0.15) is 11.6 Å². The Morgan fingerprint density at radius 2 is 2.07 bits per heavy atom. The van der Waals surface area contributed by atoms with E-state index in [1.165, 1.54) is 7.11 Å². The average molecular weight is 399 g/mol. The first-order valence-electron chi connectivity index (χ1n) is 9.58. The SMILES string of the molecule is COC(=O)C1(OC)CCC(c2nc(Nc3cc(C)[nH]n3)c3cnn(C)c3n2)CC1. The Balaban J connectivity index is 1.64. The first-order chi connectivity index (χ1) is 14.0. The summed E-state index contributed by atoms with van der Waals surface area (Å²) < 4.78 is 12.2. The molecule has 1 aliphatic rings. The summed E-state index contributed by atoms with van der Waals surface area (Å²) in [7, 11) is 4.81. The number of esters is 1. The second-order valence-electron chi connectivity index (χ2n) is 7.46. The summed E-state index contributed by atoms with van der Waals surface area (Å²) in [5.41, 5.74) is 0.826. The van der Waals surface area contributed by atoms with Crippen LogP contribution in [0.5, 0.6) is 0 Å². The molecule has 1 fully saturated rings. The van der Waals surface area contributed by atoms with Gasteiger partial charge in [0.05, 0.1) is 18.7 Å². The number of carbonyl (C=O) groups excluding carboxylic acids is 1. The van der Waals surface area contributed by atoms with Crippen LogP contribution in [0.3, 0.4) is 0 Å². The van der Waals surface area contributed by atoms with Crippen molar-refractivity contribution >= 4 is 28.6 Å². The number of ether oxygens (including phenoxy) is 2. The standard InChI is InChI=1S/C19H25N7O3/c1-11-9-14(25-24-11)21-16-13-10-20-26(2)17(13)23-15(22-16)12-5-7-19(29-4,8-6-12)18(27)28-3/h9-10,12H,5-8H2,1-4H3,(H2,21,22,23,24,25). The third kappa shape index (κ3) is 3.44. The zero-order valence-corrected chi connectivity index (χ0v) is 17.0. The van der Waals surface area contributed by atoms with Crippen LogP contribution in [0.4, 0.5) is 11.6 Å². The molecule has 3 aromatic rings. The summed E-state index contributed by atoms with van der Waals surface area (Å²) in [5.74, 6) is 1.87. The van der Waals surface area contributed by atoms with E-state index in [0.717, 1.165) is 35.4 Å². The van der Waals surface area contributed by atoms with Gasteiger partial charge in [-0.3, -0.25) is 9.78 Å². The van der Waals surface area contributed by atoms with E-state index in [2.05, 4.69) is 20.6 Å². The summed E-state index contributed by atoms with van der Waals surface area (Å²) in [6, 6.07) is 1.91. The van der Waals surface area contributed by atoms with Gasteiger partial charge in [-0.2, -0.15) is 10.2 Å². The molecule has 0 bridgehead atoms. The highest BCUT2D eigenvalue weighted by molar-refractivity contribution is 5.88. The predicted molar refractivity (Wildman–Crippen MR) is 106 cm³/mol. The third-order valence-corrected chi connectivity index (χ3v) is 5.67. The van der Waals surface area contributed by atoms with E-state index < -0.39 is 5.60 Å². The minimum absolute atomic E-state index is 0.115. The zero-order chi connectivity index (χ0) is 20.6. The van der Waals surface area contributed by atoms with Crippen LogP contribution in [-0.2, 0) is 21.3 Å². The van der Waals surface area contributed by atoms with Crippen LogP contribution >= 0.6 is 0 Å². The number of nitrogens with zero attached hydrogens (tertiary/aromatic N) is 5. The van der Waals surface area contributed by atoms with Crippen molar-refractivity contribution in [1.82, 2.24) is 29.9 Å². The first kappa shape index (κ1) is 19.3. The van der Waals surface area contributed by atoms with Crippen molar-refractivity contribution in [2.45, 2.75) is 44.1 Å². The van der Waals surface area contributed by atoms with Gasteiger partial charge in [0.15, 0.2) is 17.1 Å². The fraction of sp³-hybridized carbons (Fsp3) is 0.526. The van der Waals surface area contributed by atoms with E-state index in [4.69, 9.17) is 19.4 Å². The zero-order valence-electron chi connectivity index (χ0n) is 17.0. The van der Waals surface area contributed by atoms with E-state index in [0.29, 0.717) is 24.5 Å². The molecule has 4 rings (SSSR count). The molecule has 1 saturated carbocycles. The summed E-state index contributed by atoms with van der Waals surface area (Å²) >= 11 is 0. The number of hydrogen-bond donors (Lipinski definition) is 2. The van der Waals surface area contributed by atoms with Gasteiger partial charge in [0, 0.05) is 31.8 Å². The molecule has 0 amide bonds. The number of anilines is 2. The van der Waals surface area contributed by atoms with E-state index in [-0.39, 0.29) is 11.9 Å². The number of rotatable bonds is 5. The van der Waals surface area contributed by atoms with E-state index >= 15 is 0 Å². The molecule has 3 aromatic heterocycles. The largest absolute Gasteiger partial charge is 0.467 e. The molecule has 0 aliphatic heterocycles. The molecule has 154 valence electrons. The maximum Gasteiger partial charge on any atom is 0.338 e. The highest BCUT2D eigenvalue weighted by Gasteiger charge is 2.44. The Morgan fingerprint density at radius 1 is 1.31 bits per heavy atom.